The number of carboxylic acid groups (broad SMARTS) is 1. The van der Waals surface area contributed by atoms with Crippen molar-refractivity contribution in [1.82, 2.24) is 14.5 Å². The van der Waals surface area contributed by atoms with Crippen LogP contribution in [0.1, 0.15) is 31.4 Å². The van der Waals surface area contributed by atoms with Gasteiger partial charge in [-0.3, -0.25) is 13.9 Å². The van der Waals surface area contributed by atoms with E-state index in [4.69, 9.17) is 4.74 Å². The van der Waals surface area contributed by atoms with Gasteiger partial charge in [-0.2, -0.15) is 13.2 Å². The molecule has 1 N–H and O–H groups in total. The van der Waals surface area contributed by atoms with Gasteiger partial charge in [-0.1, -0.05) is 12.1 Å². The minimum absolute atomic E-state index is 0. The number of aliphatic carboxylic acids is 1. The van der Waals surface area contributed by atoms with E-state index in [0.29, 0.717) is 0 Å². The minimum atomic E-state index is -4.84. The molecule has 0 fully saturated rings. The number of carbonyl (C=O) groups excluding carboxylic acids is 1. The van der Waals surface area contributed by atoms with Crippen molar-refractivity contribution >= 4 is 5.97 Å². The first-order chi connectivity index (χ1) is 18.4. The van der Waals surface area contributed by atoms with Gasteiger partial charge in [0.05, 0.1) is 19.2 Å². The summed E-state index contributed by atoms with van der Waals surface area (Å²) in [4.78, 5) is 37.4. The third-order valence-corrected chi connectivity index (χ3v) is 6.42. The number of hydrogen-bond acceptors (Lipinski definition) is 6. The zero-order chi connectivity index (χ0) is 28.9. The first-order valence-corrected chi connectivity index (χ1v) is 12.1. The molecule has 0 aliphatic heterocycles. The Hall–Kier alpha value is -2.74. The average molecular weight is 579 g/mol. The number of carbonyl (C=O) groups is 1. The van der Waals surface area contributed by atoms with Crippen molar-refractivity contribution in [3.63, 3.8) is 0 Å². The third-order valence-electron chi connectivity index (χ3n) is 6.42. The number of allylic oxidation sites excluding steroid dienone is 4. The number of methoxy groups -OCH3 is 1. The van der Waals surface area contributed by atoms with Gasteiger partial charge >= 0.3 is 41.4 Å². The second-order valence-electron chi connectivity index (χ2n) is 8.88. The fourth-order valence-corrected chi connectivity index (χ4v) is 4.43. The molecule has 0 atom stereocenters. The predicted octanol–water partition coefficient (Wildman–Crippen LogP) is -0.237. The van der Waals surface area contributed by atoms with Crippen LogP contribution in [0.4, 0.5) is 22.0 Å². The Kier molecular flexibility index (Phi) is 11.9. The number of hydrogen-bond donors (Lipinski definition) is 1. The zero-order valence-electron chi connectivity index (χ0n) is 22.3. The summed E-state index contributed by atoms with van der Waals surface area (Å²) in [6.07, 6.45) is -4.48. The molecule has 0 bridgehead atoms. The maximum atomic E-state index is 15.2. The van der Waals surface area contributed by atoms with Crippen molar-refractivity contribution in [1.29, 1.82) is 0 Å². The van der Waals surface area contributed by atoms with Crippen molar-refractivity contribution in [3.8, 4) is 16.9 Å². The summed E-state index contributed by atoms with van der Waals surface area (Å²) < 4.78 is 77.6. The third kappa shape index (κ3) is 7.50. The fraction of sp³-hybridized carbons (Fsp3) is 0.423. The van der Waals surface area contributed by atoms with Crippen molar-refractivity contribution in [3.05, 3.63) is 73.6 Å². The van der Waals surface area contributed by atoms with Gasteiger partial charge in [0.15, 0.2) is 11.6 Å². The number of ether oxygens (including phenoxy) is 1. The molecule has 3 rings (SSSR count). The normalized spacial score (nSPS) is 13.6. The Balaban J connectivity index is 0.00000560. The van der Waals surface area contributed by atoms with Gasteiger partial charge in [-0.15, -0.1) is 0 Å². The van der Waals surface area contributed by atoms with Crippen LogP contribution in [0.3, 0.4) is 0 Å². The molecule has 0 radical (unpaired) electrons. The summed E-state index contributed by atoms with van der Waals surface area (Å²) in [5.74, 6) is -3.48. The molecule has 8 nitrogen and oxygen atoms in total. The molecule has 0 unspecified atom stereocenters. The first-order valence-electron chi connectivity index (χ1n) is 12.1. The van der Waals surface area contributed by atoms with Crippen LogP contribution in [-0.4, -0.2) is 41.5 Å². The second-order valence-corrected chi connectivity index (χ2v) is 8.88. The van der Waals surface area contributed by atoms with E-state index >= 15 is 4.39 Å². The summed E-state index contributed by atoms with van der Waals surface area (Å²) in [5.41, 5.74) is -4.45. The Morgan fingerprint density at radius 3 is 2.48 bits per heavy atom. The van der Waals surface area contributed by atoms with Crippen molar-refractivity contribution in [2.75, 3.05) is 20.2 Å². The predicted molar refractivity (Wildman–Crippen MR) is 130 cm³/mol. The van der Waals surface area contributed by atoms with Gasteiger partial charge in [0.1, 0.15) is 5.83 Å². The molecule has 0 spiro atoms. The minimum Gasteiger partial charge on any atom is -0.550 e. The van der Waals surface area contributed by atoms with Crippen LogP contribution in [0.2, 0.25) is 0 Å². The Morgan fingerprint density at radius 1 is 1.15 bits per heavy atom. The van der Waals surface area contributed by atoms with E-state index in [1.54, 1.807) is 0 Å². The average Bonchev–Trinajstić information content (AvgIpc) is 2.86. The van der Waals surface area contributed by atoms with E-state index in [-0.39, 0.29) is 91.0 Å². The molecule has 1 aromatic carbocycles. The monoisotopic (exact) mass is 579 g/mol. The van der Waals surface area contributed by atoms with Crippen molar-refractivity contribution < 1.29 is 66.1 Å². The Labute approximate surface area is 248 Å². The van der Waals surface area contributed by atoms with Crippen LogP contribution >= 0.6 is 0 Å². The quantitative estimate of drug-likeness (QED) is 0.224. The maximum Gasteiger partial charge on any atom is 1.00 e. The number of nitrogens with one attached hydrogen (secondary N) is 1. The van der Waals surface area contributed by atoms with Crippen LogP contribution in [0.5, 0.6) is 5.75 Å². The molecule has 0 amide bonds. The van der Waals surface area contributed by atoms with E-state index in [1.165, 1.54) is 32.2 Å². The number of alkyl halides is 3. The zero-order valence-corrected chi connectivity index (χ0v) is 24.3. The van der Waals surface area contributed by atoms with Crippen LogP contribution in [0, 0.1) is 12.7 Å². The smallest absolute Gasteiger partial charge is 0.550 e. The summed E-state index contributed by atoms with van der Waals surface area (Å²) in [6, 6.07) is 3.98. The van der Waals surface area contributed by atoms with E-state index < -0.39 is 59.2 Å². The van der Waals surface area contributed by atoms with E-state index in [9.17, 15) is 37.1 Å². The van der Waals surface area contributed by atoms with Crippen LogP contribution in [0.25, 0.3) is 11.1 Å². The number of rotatable bonds is 11. The van der Waals surface area contributed by atoms with E-state index in [0.717, 1.165) is 15.2 Å². The van der Waals surface area contributed by atoms with E-state index in [2.05, 4.69) is 5.32 Å². The number of aromatic nitrogens is 2. The second kappa shape index (κ2) is 14.2. The molecule has 1 aliphatic rings. The molecule has 1 heterocycles. The largest absolute Gasteiger partial charge is 1.00 e. The number of benzene rings is 1. The van der Waals surface area contributed by atoms with Gasteiger partial charge in [-0.05, 0) is 51.3 Å². The Morgan fingerprint density at radius 2 is 1.85 bits per heavy atom. The summed E-state index contributed by atoms with van der Waals surface area (Å²) in [5, 5.41) is 13.4. The van der Waals surface area contributed by atoms with Crippen LogP contribution < -0.4 is 56.0 Å². The molecule has 2 aromatic rings. The molecule has 1 aliphatic carbocycles. The molecule has 0 saturated heterocycles. The van der Waals surface area contributed by atoms with Gasteiger partial charge in [0.2, 0.25) is 0 Å². The van der Waals surface area contributed by atoms with Gasteiger partial charge in [0, 0.05) is 41.5 Å². The number of halogens is 5. The maximum absolute atomic E-state index is 15.2. The molecular weight excluding hydrogens is 552 g/mol. The Bertz CT molecular complexity index is 1430. The summed E-state index contributed by atoms with van der Waals surface area (Å²) in [7, 11) is 1.21. The molecular formula is C26H27F5N3NaO5. The summed E-state index contributed by atoms with van der Waals surface area (Å²) >= 11 is 0. The molecule has 0 saturated carbocycles. The fourth-order valence-electron chi connectivity index (χ4n) is 4.43. The topological polar surface area (TPSA) is 105 Å². The first kappa shape index (κ1) is 33.5. The van der Waals surface area contributed by atoms with Gasteiger partial charge < -0.3 is 20.0 Å². The number of carboxylic acids is 1. The molecule has 212 valence electrons. The molecule has 1 aromatic heterocycles. The van der Waals surface area contributed by atoms with Gasteiger partial charge in [0.25, 0.3) is 5.56 Å². The molecule has 40 heavy (non-hydrogen) atoms. The van der Waals surface area contributed by atoms with Crippen LogP contribution in [-0.2, 0) is 17.9 Å². The summed E-state index contributed by atoms with van der Waals surface area (Å²) in [6.45, 7) is 0.400. The SMILES string of the molecule is COc1cccc(-c2c(C)n(CC3=C(C(F)(F)F)CCC=C3F)c(=O)n(CCNCCCC(=O)[O-])c2=O)c1F.[Na+]. The standard InChI is InChI=1S/C26H28F5N3O5.Na/c1-15-22(16-6-3-9-20(39-2)23(16)28)24(37)33(13-12-32-11-5-10-21(35)36)25(38)34(15)14-17-18(26(29,30)31)7-4-8-19(17)27;/h3,6,8-9,32H,4-5,7,10-14H2,1-2H3,(H,35,36);/q;+1/p-1. The van der Waals surface area contributed by atoms with Gasteiger partial charge in [-0.25, -0.2) is 13.6 Å². The van der Waals surface area contributed by atoms with E-state index in [1.807, 2.05) is 0 Å². The van der Waals surface area contributed by atoms with Crippen molar-refractivity contribution in [2.24, 2.45) is 0 Å². The molecule has 14 heteroatoms. The number of nitrogens with zero attached hydrogens (tertiary/aromatic N) is 2. The van der Waals surface area contributed by atoms with Crippen LogP contribution in [0.15, 0.2) is 50.8 Å². The van der Waals surface area contributed by atoms with Crippen molar-refractivity contribution in [2.45, 2.75) is 51.9 Å².